The smallest absolute Gasteiger partial charge is 0.140 e. The molecule has 2 aromatic heterocycles. The Balaban J connectivity index is 1.59. The van der Waals surface area contributed by atoms with Gasteiger partial charge in [-0.2, -0.15) is 5.10 Å². The summed E-state index contributed by atoms with van der Waals surface area (Å²) in [6.45, 7) is 12.6. The molecule has 0 spiro atoms. The molecule has 0 amide bonds. The van der Waals surface area contributed by atoms with Crippen LogP contribution < -0.4 is 10.6 Å². The first kappa shape index (κ1) is 22.0. The van der Waals surface area contributed by atoms with E-state index >= 15 is 0 Å². The highest BCUT2D eigenvalue weighted by atomic mass is 28.3. The van der Waals surface area contributed by atoms with E-state index in [0.29, 0.717) is 12.8 Å². The normalized spacial score (nSPS) is 15.5. The van der Waals surface area contributed by atoms with Crippen molar-refractivity contribution in [2.45, 2.75) is 58.2 Å². The van der Waals surface area contributed by atoms with E-state index in [1.807, 2.05) is 10.9 Å². The lowest BCUT2D eigenvalue weighted by Gasteiger charge is -2.24. The van der Waals surface area contributed by atoms with Gasteiger partial charge in [-0.3, -0.25) is 0 Å². The molecule has 1 aliphatic rings. The molecule has 0 aliphatic carbocycles. The maximum absolute atomic E-state index is 6.01. The Hall–Kier alpha value is -2.22. The number of pyridine rings is 1. The molecule has 2 N–H and O–H groups in total. The molecule has 6 nitrogen and oxygen atoms in total. The largest absolute Gasteiger partial charge is 0.367 e. The molecule has 1 saturated heterocycles. The Kier molecular flexibility index (Phi) is 6.74. The molecule has 0 radical (unpaired) electrons. The van der Waals surface area contributed by atoms with Crippen LogP contribution in [0.1, 0.15) is 18.4 Å². The number of aromatic nitrogens is 3. The number of nitrogens with zero attached hydrogens (tertiary/aromatic N) is 3. The summed E-state index contributed by atoms with van der Waals surface area (Å²) in [6, 6.07) is 12.2. The quantitative estimate of drug-likeness (QED) is 0.388. The number of hydrogen-bond donors (Lipinski definition) is 2. The van der Waals surface area contributed by atoms with Crippen molar-refractivity contribution in [2.24, 2.45) is 0 Å². The maximum atomic E-state index is 6.01. The molecule has 1 fully saturated rings. The molecule has 1 aliphatic heterocycles. The van der Waals surface area contributed by atoms with E-state index in [2.05, 4.69) is 72.5 Å². The summed E-state index contributed by atoms with van der Waals surface area (Å²) in [4.78, 5) is 4.64. The molecule has 3 aromatic rings. The summed E-state index contributed by atoms with van der Waals surface area (Å²) in [5, 5.41) is 13.2. The van der Waals surface area contributed by atoms with Crippen LogP contribution in [0.3, 0.4) is 0 Å². The Bertz CT molecular complexity index is 1020. The second-order valence-corrected chi connectivity index (χ2v) is 15.4. The van der Waals surface area contributed by atoms with Crippen molar-refractivity contribution < 1.29 is 4.74 Å². The van der Waals surface area contributed by atoms with Gasteiger partial charge in [0.15, 0.2) is 0 Å². The van der Waals surface area contributed by atoms with E-state index in [-0.39, 0.29) is 0 Å². The Morgan fingerprint density at radius 3 is 2.74 bits per heavy atom. The summed E-state index contributed by atoms with van der Waals surface area (Å²) in [5.74, 6) is 0.928. The fraction of sp³-hybridized carbons (Fsp3) is 0.500. The molecule has 166 valence electrons. The Labute approximate surface area is 186 Å². The Morgan fingerprint density at radius 2 is 1.97 bits per heavy atom. The SMILES string of the molecule is Cc1cnc(NC2CCNCC2)cc1-c1nn(COCC[Si](C)(C)C)c2ccccc12. The minimum atomic E-state index is -1.10. The number of aryl methyl sites for hydroxylation is 1. The van der Waals surface area contributed by atoms with Crippen LogP contribution in [0.4, 0.5) is 5.82 Å². The number of benzene rings is 1. The summed E-state index contributed by atoms with van der Waals surface area (Å²) >= 11 is 0. The van der Waals surface area contributed by atoms with Gasteiger partial charge in [0, 0.05) is 37.9 Å². The lowest BCUT2D eigenvalue weighted by atomic mass is 10.0. The molecule has 0 atom stereocenters. The van der Waals surface area contributed by atoms with Crippen molar-refractivity contribution in [1.82, 2.24) is 20.1 Å². The van der Waals surface area contributed by atoms with Gasteiger partial charge in [-0.1, -0.05) is 37.8 Å². The third kappa shape index (κ3) is 5.53. The summed E-state index contributed by atoms with van der Waals surface area (Å²) in [7, 11) is -1.10. The monoisotopic (exact) mass is 437 g/mol. The second-order valence-electron chi connectivity index (χ2n) is 9.77. The molecule has 0 bridgehead atoms. The maximum Gasteiger partial charge on any atom is 0.140 e. The first-order valence-corrected chi connectivity index (χ1v) is 15.1. The van der Waals surface area contributed by atoms with E-state index in [9.17, 15) is 0 Å². The molecular weight excluding hydrogens is 402 g/mol. The van der Waals surface area contributed by atoms with E-state index in [1.54, 1.807) is 0 Å². The zero-order chi connectivity index (χ0) is 21.8. The van der Waals surface area contributed by atoms with E-state index in [0.717, 1.165) is 72.1 Å². The number of piperidine rings is 1. The van der Waals surface area contributed by atoms with Crippen LogP contribution in [0.2, 0.25) is 25.7 Å². The molecule has 7 heteroatoms. The Morgan fingerprint density at radius 1 is 1.19 bits per heavy atom. The van der Waals surface area contributed by atoms with Crippen molar-refractivity contribution in [3.8, 4) is 11.3 Å². The number of nitrogens with one attached hydrogen (secondary N) is 2. The van der Waals surface area contributed by atoms with Crippen LogP contribution in [-0.2, 0) is 11.5 Å². The summed E-state index contributed by atoms with van der Waals surface area (Å²) < 4.78 is 8.01. The molecule has 0 saturated carbocycles. The van der Waals surface area contributed by atoms with Crippen LogP contribution in [-0.4, -0.2) is 48.6 Å². The number of fused-ring (bicyclic) bond motifs is 1. The van der Waals surface area contributed by atoms with Gasteiger partial charge < -0.3 is 15.4 Å². The number of anilines is 1. The fourth-order valence-corrected chi connectivity index (χ4v) is 4.74. The first-order chi connectivity index (χ1) is 14.9. The molecule has 3 heterocycles. The van der Waals surface area contributed by atoms with Crippen molar-refractivity contribution >= 4 is 24.8 Å². The number of hydrogen-bond acceptors (Lipinski definition) is 5. The van der Waals surface area contributed by atoms with E-state index < -0.39 is 8.07 Å². The number of rotatable bonds is 8. The predicted octanol–water partition coefficient (Wildman–Crippen LogP) is 4.88. The highest BCUT2D eigenvalue weighted by Crippen LogP contribution is 2.31. The van der Waals surface area contributed by atoms with Crippen LogP contribution in [0.5, 0.6) is 0 Å². The third-order valence-corrected chi connectivity index (χ3v) is 7.62. The van der Waals surface area contributed by atoms with Gasteiger partial charge in [0.1, 0.15) is 18.2 Å². The van der Waals surface area contributed by atoms with Gasteiger partial charge in [0.05, 0.1) is 5.52 Å². The predicted molar refractivity (Wildman–Crippen MR) is 131 cm³/mol. The molecule has 31 heavy (non-hydrogen) atoms. The van der Waals surface area contributed by atoms with Gasteiger partial charge in [-0.05, 0) is 56.6 Å². The summed E-state index contributed by atoms with van der Waals surface area (Å²) in [6.07, 6.45) is 4.20. The third-order valence-electron chi connectivity index (χ3n) is 5.92. The van der Waals surface area contributed by atoms with Gasteiger partial charge in [-0.25, -0.2) is 9.67 Å². The highest BCUT2D eigenvalue weighted by molar-refractivity contribution is 6.76. The summed E-state index contributed by atoms with van der Waals surface area (Å²) in [5.41, 5.74) is 4.36. The van der Waals surface area contributed by atoms with E-state index in [4.69, 9.17) is 9.84 Å². The van der Waals surface area contributed by atoms with Crippen LogP contribution in [0.15, 0.2) is 36.5 Å². The topological polar surface area (TPSA) is 64.0 Å². The van der Waals surface area contributed by atoms with Crippen molar-refractivity contribution in [3.05, 3.63) is 42.1 Å². The van der Waals surface area contributed by atoms with Gasteiger partial charge in [0.2, 0.25) is 0 Å². The number of ether oxygens (including phenoxy) is 1. The van der Waals surface area contributed by atoms with Gasteiger partial charge in [0.25, 0.3) is 0 Å². The van der Waals surface area contributed by atoms with Gasteiger partial charge in [-0.15, -0.1) is 0 Å². The van der Waals surface area contributed by atoms with Crippen LogP contribution in [0.25, 0.3) is 22.2 Å². The lowest BCUT2D eigenvalue weighted by Crippen LogP contribution is -2.35. The highest BCUT2D eigenvalue weighted by Gasteiger charge is 2.18. The van der Waals surface area contributed by atoms with E-state index in [1.165, 1.54) is 0 Å². The van der Waals surface area contributed by atoms with Crippen molar-refractivity contribution in [2.75, 3.05) is 25.0 Å². The standard InChI is InChI=1S/C24H35N5OSi/c1-18-16-26-23(27-19-9-11-25-12-10-19)15-21(18)24-20-7-5-6-8-22(20)29(28-24)17-30-13-14-31(2,3)4/h5-8,15-16,19,25H,9-14,17H2,1-4H3,(H,26,27). The number of para-hydroxylation sites is 1. The molecule has 1 aromatic carbocycles. The molecular formula is C24H35N5OSi. The zero-order valence-corrected chi connectivity index (χ0v) is 20.2. The fourth-order valence-electron chi connectivity index (χ4n) is 3.99. The minimum absolute atomic E-state index is 0.471. The minimum Gasteiger partial charge on any atom is -0.367 e. The van der Waals surface area contributed by atoms with Gasteiger partial charge >= 0.3 is 0 Å². The average Bonchev–Trinajstić information content (AvgIpc) is 3.11. The average molecular weight is 438 g/mol. The zero-order valence-electron chi connectivity index (χ0n) is 19.2. The van der Waals surface area contributed by atoms with Crippen molar-refractivity contribution in [3.63, 3.8) is 0 Å². The van der Waals surface area contributed by atoms with Crippen molar-refractivity contribution in [1.29, 1.82) is 0 Å². The molecule has 4 rings (SSSR count). The first-order valence-electron chi connectivity index (χ1n) is 11.4. The van der Waals surface area contributed by atoms with Crippen LogP contribution >= 0.6 is 0 Å². The molecule has 0 unspecified atom stereocenters. The second kappa shape index (κ2) is 9.50. The van der Waals surface area contributed by atoms with Crippen LogP contribution in [0, 0.1) is 6.92 Å². The lowest BCUT2D eigenvalue weighted by molar-refractivity contribution is 0.0818.